The molecule has 0 radical (unpaired) electrons. The molecule has 0 bridgehead atoms. The monoisotopic (exact) mass is 220 g/mol. The maximum absolute atomic E-state index is 5.09. The number of fused-ring (bicyclic) bond motifs is 1. The molecule has 0 spiro atoms. The number of hydrogen-bond acceptors (Lipinski definition) is 3. The highest BCUT2D eigenvalue weighted by molar-refractivity contribution is 5.82. The first-order valence-electron chi connectivity index (χ1n) is 5.35. The van der Waals surface area contributed by atoms with Crippen LogP contribution in [0.1, 0.15) is 13.8 Å². The molecule has 2 aromatic rings. The van der Waals surface area contributed by atoms with Gasteiger partial charge < -0.3 is 10.5 Å². The van der Waals surface area contributed by atoms with E-state index >= 15 is 0 Å². The van der Waals surface area contributed by atoms with E-state index in [4.69, 9.17) is 4.74 Å². The largest absolute Gasteiger partial charge is 0.497 e. The third-order valence-corrected chi connectivity index (χ3v) is 1.85. The van der Waals surface area contributed by atoms with Crippen LogP contribution >= 0.6 is 0 Å². The Morgan fingerprint density at radius 2 is 1.75 bits per heavy atom. The van der Waals surface area contributed by atoms with Crippen LogP contribution in [0.2, 0.25) is 0 Å². The van der Waals surface area contributed by atoms with Crippen molar-refractivity contribution in [3.05, 3.63) is 36.7 Å². The van der Waals surface area contributed by atoms with E-state index in [1.807, 2.05) is 44.3 Å². The Labute approximate surface area is 97.3 Å². The van der Waals surface area contributed by atoms with Crippen molar-refractivity contribution in [2.75, 3.05) is 14.2 Å². The van der Waals surface area contributed by atoms with Gasteiger partial charge in [-0.1, -0.05) is 19.9 Å². The van der Waals surface area contributed by atoms with Gasteiger partial charge in [0.2, 0.25) is 0 Å². The zero-order valence-electron chi connectivity index (χ0n) is 10.4. The molecule has 88 valence electrons. The van der Waals surface area contributed by atoms with E-state index in [0.717, 1.165) is 11.1 Å². The summed E-state index contributed by atoms with van der Waals surface area (Å²) < 4.78 is 5.09. The van der Waals surface area contributed by atoms with Crippen molar-refractivity contribution in [3.63, 3.8) is 0 Å². The van der Waals surface area contributed by atoms with Crippen LogP contribution < -0.4 is 10.5 Å². The van der Waals surface area contributed by atoms with Crippen molar-refractivity contribution >= 4 is 10.8 Å². The van der Waals surface area contributed by atoms with Crippen molar-refractivity contribution in [1.82, 2.24) is 4.98 Å². The highest BCUT2D eigenvalue weighted by atomic mass is 16.5. The molecule has 0 atom stereocenters. The lowest BCUT2D eigenvalue weighted by molar-refractivity contribution is 0.415. The lowest BCUT2D eigenvalue weighted by atomic mass is 10.2. The van der Waals surface area contributed by atoms with E-state index in [2.05, 4.69) is 10.7 Å². The van der Waals surface area contributed by atoms with Gasteiger partial charge in [-0.3, -0.25) is 4.98 Å². The minimum absolute atomic E-state index is 0.871. The van der Waals surface area contributed by atoms with Crippen molar-refractivity contribution in [1.29, 1.82) is 0 Å². The quantitative estimate of drug-likeness (QED) is 0.804. The summed E-state index contributed by atoms with van der Waals surface area (Å²) in [4.78, 5) is 4.03. The Kier molecular flexibility index (Phi) is 7.81. The van der Waals surface area contributed by atoms with E-state index in [1.165, 1.54) is 12.4 Å². The average Bonchev–Trinajstić information content (AvgIpc) is 2.42. The van der Waals surface area contributed by atoms with E-state index < -0.39 is 0 Å². The van der Waals surface area contributed by atoms with Gasteiger partial charge >= 0.3 is 0 Å². The van der Waals surface area contributed by atoms with Crippen LogP contribution in [-0.4, -0.2) is 19.1 Å². The molecule has 3 heteroatoms. The zero-order valence-corrected chi connectivity index (χ0v) is 10.4. The molecule has 0 saturated carbocycles. The predicted molar refractivity (Wildman–Crippen MR) is 69.8 cm³/mol. The number of ether oxygens (including phenoxy) is 1. The predicted octanol–water partition coefficient (Wildman–Crippen LogP) is 2.84. The van der Waals surface area contributed by atoms with Gasteiger partial charge in [-0.2, -0.15) is 0 Å². The Morgan fingerprint density at radius 1 is 1.06 bits per heavy atom. The molecule has 0 aliphatic heterocycles. The minimum atomic E-state index is 0.871. The number of methoxy groups -OCH3 is 1. The molecule has 3 nitrogen and oxygen atoms in total. The SMILES string of the molecule is CC.CN.COc1ccc2ccncc2c1. The normalized spacial score (nSPS) is 8.31. The van der Waals surface area contributed by atoms with E-state index in [1.54, 1.807) is 13.3 Å². The molecule has 1 heterocycles. The molecular weight excluding hydrogens is 200 g/mol. The van der Waals surface area contributed by atoms with Gasteiger partial charge in [0.15, 0.2) is 0 Å². The first-order valence-corrected chi connectivity index (χ1v) is 5.35. The summed E-state index contributed by atoms with van der Waals surface area (Å²) in [6.45, 7) is 4.00. The number of nitrogens with two attached hydrogens (primary N) is 1. The second-order valence-corrected chi connectivity index (χ2v) is 2.59. The third-order valence-electron chi connectivity index (χ3n) is 1.85. The molecule has 1 aromatic carbocycles. The van der Waals surface area contributed by atoms with E-state index in [9.17, 15) is 0 Å². The van der Waals surface area contributed by atoms with Crippen LogP contribution in [0.5, 0.6) is 5.75 Å². The Morgan fingerprint density at radius 3 is 2.38 bits per heavy atom. The highest BCUT2D eigenvalue weighted by Crippen LogP contribution is 2.18. The average molecular weight is 220 g/mol. The lowest BCUT2D eigenvalue weighted by Crippen LogP contribution is -1.82. The Balaban J connectivity index is 0.000000509. The molecule has 0 aliphatic carbocycles. The van der Waals surface area contributed by atoms with Gasteiger partial charge in [-0.25, -0.2) is 0 Å². The van der Waals surface area contributed by atoms with Gasteiger partial charge in [0.05, 0.1) is 7.11 Å². The number of rotatable bonds is 1. The third kappa shape index (κ3) is 3.87. The van der Waals surface area contributed by atoms with Crippen LogP contribution in [0.4, 0.5) is 0 Å². The van der Waals surface area contributed by atoms with Crippen LogP contribution in [0.3, 0.4) is 0 Å². The first-order chi connectivity index (χ1) is 7.90. The van der Waals surface area contributed by atoms with Gasteiger partial charge in [0, 0.05) is 17.8 Å². The lowest BCUT2D eigenvalue weighted by Gasteiger charge is -2.00. The van der Waals surface area contributed by atoms with Crippen LogP contribution in [-0.2, 0) is 0 Å². The number of aromatic nitrogens is 1. The molecule has 2 rings (SSSR count). The maximum Gasteiger partial charge on any atom is 0.119 e. The second kappa shape index (κ2) is 8.68. The summed E-state index contributed by atoms with van der Waals surface area (Å²) >= 11 is 0. The van der Waals surface area contributed by atoms with E-state index in [0.29, 0.717) is 0 Å². The summed E-state index contributed by atoms with van der Waals surface area (Å²) in [5.74, 6) is 0.871. The molecule has 1 aromatic heterocycles. The Bertz CT molecular complexity index is 402. The zero-order chi connectivity index (χ0) is 12.4. The van der Waals surface area contributed by atoms with Gasteiger partial charge in [0.1, 0.15) is 5.75 Å². The number of hydrogen-bond donors (Lipinski definition) is 1. The second-order valence-electron chi connectivity index (χ2n) is 2.59. The van der Waals surface area contributed by atoms with Crippen molar-refractivity contribution in [2.24, 2.45) is 5.73 Å². The minimum Gasteiger partial charge on any atom is -0.497 e. The molecule has 0 aliphatic rings. The summed E-state index contributed by atoms with van der Waals surface area (Å²) in [6, 6.07) is 7.93. The fourth-order valence-corrected chi connectivity index (χ4v) is 1.19. The van der Waals surface area contributed by atoms with E-state index in [-0.39, 0.29) is 0 Å². The summed E-state index contributed by atoms with van der Waals surface area (Å²) in [6.07, 6.45) is 3.62. The fourth-order valence-electron chi connectivity index (χ4n) is 1.19. The standard InChI is InChI=1S/C10H9NO.C2H6.CH5N/c1-12-10-3-2-8-4-5-11-7-9(8)6-10;2*1-2/h2-7H,1H3;1-2H3;2H2,1H3. The first kappa shape index (κ1) is 14.4. The molecular formula is C13H20N2O. The topological polar surface area (TPSA) is 48.1 Å². The van der Waals surface area contributed by atoms with Crippen LogP contribution in [0.25, 0.3) is 10.8 Å². The van der Waals surface area contributed by atoms with Gasteiger partial charge in [0.25, 0.3) is 0 Å². The maximum atomic E-state index is 5.09. The summed E-state index contributed by atoms with van der Waals surface area (Å²) in [5, 5.41) is 2.29. The molecule has 0 fully saturated rings. The highest BCUT2D eigenvalue weighted by Gasteiger charge is 1.93. The van der Waals surface area contributed by atoms with Crippen molar-refractivity contribution in [3.8, 4) is 5.75 Å². The van der Waals surface area contributed by atoms with Crippen molar-refractivity contribution < 1.29 is 4.74 Å². The van der Waals surface area contributed by atoms with Crippen molar-refractivity contribution in [2.45, 2.75) is 13.8 Å². The molecule has 0 amide bonds. The molecule has 0 unspecified atom stereocenters. The molecule has 2 N–H and O–H groups in total. The number of pyridine rings is 1. The van der Waals surface area contributed by atoms with Gasteiger partial charge in [-0.15, -0.1) is 0 Å². The molecule has 0 saturated heterocycles. The summed E-state index contributed by atoms with van der Waals surface area (Å²) in [5.41, 5.74) is 4.50. The smallest absolute Gasteiger partial charge is 0.119 e. The fraction of sp³-hybridized carbons (Fsp3) is 0.308. The Hall–Kier alpha value is -1.61. The van der Waals surface area contributed by atoms with Crippen LogP contribution in [0, 0.1) is 0 Å². The van der Waals surface area contributed by atoms with Gasteiger partial charge in [-0.05, 0) is 30.6 Å². The molecule has 16 heavy (non-hydrogen) atoms. The van der Waals surface area contributed by atoms with Crippen LogP contribution in [0.15, 0.2) is 36.7 Å². The number of benzene rings is 1. The summed E-state index contributed by atoms with van der Waals surface area (Å²) in [7, 11) is 3.16. The number of nitrogens with zero attached hydrogens (tertiary/aromatic N) is 1.